The standard InChI is InChI=1S/C20H21NO4/c1-2-25-16-10-6-9-15(11-16)19(22)21-12-17(18(13-21)20(23)24)14-7-4-3-5-8-14/h3-11,17-18H,2,12-13H2,1H3,(H,23,24). The summed E-state index contributed by atoms with van der Waals surface area (Å²) in [4.78, 5) is 26.1. The van der Waals surface area contributed by atoms with Crippen LogP contribution < -0.4 is 4.74 Å². The number of carbonyl (C=O) groups excluding carboxylic acids is 1. The van der Waals surface area contributed by atoms with Gasteiger partial charge in [0.05, 0.1) is 12.5 Å². The lowest BCUT2D eigenvalue weighted by Gasteiger charge is -2.17. The molecule has 1 saturated heterocycles. The van der Waals surface area contributed by atoms with E-state index in [4.69, 9.17) is 4.74 Å². The smallest absolute Gasteiger partial charge is 0.308 e. The second-order valence-electron chi connectivity index (χ2n) is 6.13. The molecular weight excluding hydrogens is 318 g/mol. The highest BCUT2D eigenvalue weighted by molar-refractivity contribution is 5.95. The van der Waals surface area contributed by atoms with E-state index in [1.165, 1.54) is 0 Å². The highest BCUT2D eigenvalue weighted by Crippen LogP contribution is 2.33. The van der Waals surface area contributed by atoms with E-state index in [0.717, 1.165) is 5.56 Å². The Kier molecular flexibility index (Phi) is 5.03. The molecule has 2 aromatic carbocycles. The van der Waals surface area contributed by atoms with Gasteiger partial charge in [0.25, 0.3) is 5.91 Å². The lowest BCUT2D eigenvalue weighted by Crippen LogP contribution is -2.29. The van der Waals surface area contributed by atoms with Crippen molar-refractivity contribution in [1.82, 2.24) is 4.90 Å². The number of carboxylic acids is 1. The molecule has 2 unspecified atom stereocenters. The number of carboxylic acid groups (broad SMARTS) is 1. The molecule has 0 radical (unpaired) electrons. The Morgan fingerprint density at radius 3 is 2.56 bits per heavy atom. The zero-order valence-corrected chi connectivity index (χ0v) is 14.1. The van der Waals surface area contributed by atoms with Gasteiger partial charge in [0.15, 0.2) is 0 Å². The minimum atomic E-state index is -0.868. The molecule has 1 aliphatic heterocycles. The number of nitrogens with zero attached hydrogens (tertiary/aromatic N) is 1. The van der Waals surface area contributed by atoms with Crippen molar-refractivity contribution in [3.63, 3.8) is 0 Å². The van der Waals surface area contributed by atoms with Gasteiger partial charge in [0, 0.05) is 24.6 Å². The summed E-state index contributed by atoms with van der Waals surface area (Å²) in [5.41, 5.74) is 1.47. The first kappa shape index (κ1) is 17.0. The third-order valence-corrected chi connectivity index (χ3v) is 4.54. The third-order valence-electron chi connectivity index (χ3n) is 4.54. The van der Waals surface area contributed by atoms with Gasteiger partial charge in [-0.15, -0.1) is 0 Å². The lowest BCUT2D eigenvalue weighted by atomic mass is 9.89. The maximum Gasteiger partial charge on any atom is 0.308 e. The van der Waals surface area contributed by atoms with E-state index in [1.807, 2.05) is 37.3 Å². The topological polar surface area (TPSA) is 66.8 Å². The molecule has 2 atom stereocenters. The first-order valence-electron chi connectivity index (χ1n) is 8.40. The third kappa shape index (κ3) is 3.65. The van der Waals surface area contributed by atoms with Crippen molar-refractivity contribution in [2.24, 2.45) is 5.92 Å². The van der Waals surface area contributed by atoms with Crippen LogP contribution in [0.1, 0.15) is 28.8 Å². The molecule has 130 valence electrons. The summed E-state index contributed by atoms with van der Waals surface area (Å²) in [5, 5.41) is 9.57. The van der Waals surface area contributed by atoms with E-state index >= 15 is 0 Å². The molecule has 0 aromatic heterocycles. The Morgan fingerprint density at radius 2 is 1.88 bits per heavy atom. The molecule has 0 saturated carbocycles. The average Bonchev–Trinajstić information content (AvgIpc) is 3.08. The molecule has 2 aromatic rings. The van der Waals surface area contributed by atoms with Crippen molar-refractivity contribution in [3.05, 3.63) is 65.7 Å². The van der Waals surface area contributed by atoms with Crippen molar-refractivity contribution in [2.45, 2.75) is 12.8 Å². The van der Waals surface area contributed by atoms with E-state index in [1.54, 1.807) is 29.2 Å². The van der Waals surface area contributed by atoms with Gasteiger partial charge in [-0.1, -0.05) is 36.4 Å². The number of amides is 1. The molecule has 1 amide bonds. The van der Waals surface area contributed by atoms with E-state index in [0.29, 0.717) is 24.5 Å². The fourth-order valence-electron chi connectivity index (χ4n) is 3.33. The Hall–Kier alpha value is -2.82. The summed E-state index contributed by atoms with van der Waals surface area (Å²) >= 11 is 0. The van der Waals surface area contributed by atoms with Crippen LogP contribution in [-0.2, 0) is 4.79 Å². The van der Waals surface area contributed by atoms with Crippen LogP contribution in [0.25, 0.3) is 0 Å². The number of likely N-dealkylation sites (tertiary alicyclic amines) is 1. The number of carbonyl (C=O) groups is 2. The Morgan fingerprint density at radius 1 is 1.12 bits per heavy atom. The van der Waals surface area contributed by atoms with Crippen LogP contribution in [0.3, 0.4) is 0 Å². The Bertz CT molecular complexity index is 759. The van der Waals surface area contributed by atoms with E-state index in [9.17, 15) is 14.7 Å². The molecule has 5 heteroatoms. The number of hydrogen-bond acceptors (Lipinski definition) is 3. The van der Waals surface area contributed by atoms with Crippen molar-refractivity contribution in [3.8, 4) is 5.75 Å². The maximum atomic E-state index is 12.8. The predicted octanol–water partition coefficient (Wildman–Crippen LogP) is 3.03. The van der Waals surface area contributed by atoms with Crippen LogP contribution in [-0.4, -0.2) is 41.6 Å². The van der Waals surface area contributed by atoms with E-state index in [-0.39, 0.29) is 18.4 Å². The van der Waals surface area contributed by atoms with Crippen LogP contribution in [0.5, 0.6) is 5.75 Å². The summed E-state index contributed by atoms with van der Waals surface area (Å²) in [6.07, 6.45) is 0. The van der Waals surface area contributed by atoms with Gasteiger partial charge >= 0.3 is 5.97 Å². The number of hydrogen-bond donors (Lipinski definition) is 1. The second-order valence-corrected chi connectivity index (χ2v) is 6.13. The van der Waals surface area contributed by atoms with Crippen molar-refractivity contribution in [2.75, 3.05) is 19.7 Å². The Labute approximate surface area is 146 Å². The summed E-state index contributed by atoms with van der Waals surface area (Å²) in [6, 6.07) is 16.5. The van der Waals surface area contributed by atoms with Gasteiger partial charge in [0.1, 0.15) is 5.75 Å². The molecule has 0 bridgehead atoms. The largest absolute Gasteiger partial charge is 0.494 e. The first-order chi connectivity index (χ1) is 12.1. The number of rotatable bonds is 5. The van der Waals surface area contributed by atoms with Crippen LogP contribution >= 0.6 is 0 Å². The molecule has 0 aliphatic carbocycles. The molecular formula is C20H21NO4. The zero-order valence-electron chi connectivity index (χ0n) is 14.1. The van der Waals surface area contributed by atoms with Crippen molar-refractivity contribution >= 4 is 11.9 Å². The molecule has 0 spiro atoms. The Balaban J connectivity index is 1.82. The van der Waals surface area contributed by atoms with Crippen molar-refractivity contribution < 1.29 is 19.4 Å². The first-order valence-corrected chi connectivity index (χ1v) is 8.40. The number of ether oxygens (including phenoxy) is 1. The highest BCUT2D eigenvalue weighted by Gasteiger charge is 2.40. The van der Waals surface area contributed by atoms with Crippen LogP contribution in [0.15, 0.2) is 54.6 Å². The predicted molar refractivity (Wildman–Crippen MR) is 93.8 cm³/mol. The highest BCUT2D eigenvalue weighted by atomic mass is 16.5. The minimum Gasteiger partial charge on any atom is -0.494 e. The molecule has 1 fully saturated rings. The molecule has 1 heterocycles. The maximum absolute atomic E-state index is 12.8. The van der Waals surface area contributed by atoms with Gasteiger partial charge in [-0.25, -0.2) is 0 Å². The monoisotopic (exact) mass is 339 g/mol. The van der Waals surface area contributed by atoms with Gasteiger partial charge in [-0.05, 0) is 30.7 Å². The molecule has 1 aliphatic rings. The summed E-state index contributed by atoms with van der Waals surface area (Å²) in [6.45, 7) is 3.03. The van der Waals surface area contributed by atoms with Crippen LogP contribution in [0.2, 0.25) is 0 Å². The second kappa shape index (κ2) is 7.38. The average molecular weight is 339 g/mol. The summed E-state index contributed by atoms with van der Waals surface area (Å²) in [5.74, 6) is -1.18. The number of aliphatic carboxylic acids is 1. The van der Waals surface area contributed by atoms with Gasteiger partial charge in [-0.3, -0.25) is 9.59 Å². The van der Waals surface area contributed by atoms with E-state index < -0.39 is 11.9 Å². The van der Waals surface area contributed by atoms with Gasteiger partial charge in [0.2, 0.25) is 0 Å². The quantitative estimate of drug-likeness (QED) is 0.909. The lowest BCUT2D eigenvalue weighted by molar-refractivity contribution is -0.141. The fraction of sp³-hybridized carbons (Fsp3) is 0.300. The summed E-state index contributed by atoms with van der Waals surface area (Å²) in [7, 11) is 0. The molecule has 3 rings (SSSR count). The molecule has 25 heavy (non-hydrogen) atoms. The van der Waals surface area contributed by atoms with Gasteiger partial charge in [-0.2, -0.15) is 0 Å². The SMILES string of the molecule is CCOc1cccc(C(=O)N2CC(C(=O)O)C(c3ccccc3)C2)c1. The summed E-state index contributed by atoms with van der Waals surface area (Å²) < 4.78 is 5.44. The zero-order chi connectivity index (χ0) is 17.8. The van der Waals surface area contributed by atoms with Gasteiger partial charge < -0.3 is 14.7 Å². The normalized spacial score (nSPS) is 19.6. The molecule has 5 nitrogen and oxygen atoms in total. The van der Waals surface area contributed by atoms with Crippen LogP contribution in [0.4, 0.5) is 0 Å². The van der Waals surface area contributed by atoms with E-state index in [2.05, 4.69) is 0 Å². The number of benzene rings is 2. The fourth-order valence-corrected chi connectivity index (χ4v) is 3.33. The molecule has 1 N–H and O–H groups in total. The minimum absolute atomic E-state index is 0.161. The van der Waals surface area contributed by atoms with Crippen LogP contribution in [0, 0.1) is 5.92 Å². The van der Waals surface area contributed by atoms with Crippen molar-refractivity contribution in [1.29, 1.82) is 0 Å².